The fourth-order valence-corrected chi connectivity index (χ4v) is 12.1. The largest absolute Gasteiger partial charge is 0.310 e. The molecule has 0 fully saturated rings. The summed E-state index contributed by atoms with van der Waals surface area (Å²) in [5.74, 6) is 0. The van der Waals surface area contributed by atoms with Crippen molar-refractivity contribution in [2.45, 2.75) is 43.9 Å². The minimum Gasteiger partial charge on any atom is -0.310 e. The van der Waals surface area contributed by atoms with E-state index in [1.54, 1.807) is 0 Å². The summed E-state index contributed by atoms with van der Waals surface area (Å²) in [5, 5.41) is 2.58. The molecule has 1 nitrogen and oxygen atoms in total. The normalized spacial score (nSPS) is 15.7. The summed E-state index contributed by atoms with van der Waals surface area (Å²) >= 11 is 0. The van der Waals surface area contributed by atoms with Crippen LogP contribution in [0.5, 0.6) is 0 Å². The van der Waals surface area contributed by atoms with Crippen LogP contribution in [-0.4, -0.2) is 0 Å². The topological polar surface area (TPSA) is 3.24 Å². The molecule has 0 amide bonds. The molecule has 0 unspecified atom stereocenters. The molecule has 60 heavy (non-hydrogen) atoms. The molecule has 4 aliphatic carbocycles. The Balaban J connectivity index is 1.07. The summed E-state index contributed by atoms with van der Waals surface area (Å²) in [6.45, 7) is 9.54. The Hall–Kier alpha value is -6.96. The lowest BCUT2D eigenvalue weighted by Crippen LogP contribution is -2.26. The number of benzene rings is 9. The van der Waals surface area contributed by atoms with Crippen LogP contribution in [0.2, 0.25) is 0 Å². The maximum absolute atomic E-state index is 2.54. The molecule has 0 bridgehead atoms. The van der Waals surface area contributed by atoms with E-state index in [-0.39, 0.29) is 10.8 Å². The van der Waals surface area contributed by atoms with Crippen LogP contribution in [-0.2, 0) is 16.2 Å². The highest BCUT2D eigenvalue weighted by Crippen LogP contribution is 2.63. The van der Waals surface area contributed by atoms with Crippen molar-refractivity contribution in [3.63, 3.8) is 0 Å². The van der Waals surface area contributed by atoms with E-state index in [9.17, 15) is 0 Å². The van der Waals surface area contributed by atoms with Gasteiger partial charge in [-0.25, -0.2) is 0 Å². The quantitative estimate of drug-likeness (QED) is 0.173. The summed E-state index contributed by atoms with van der Waals surface area (Å²) in [6, 6.07) is 71.7. The lowest BCUT2D eigenvalue weighted by atomic mass is 9.70. The van der Waals surface area contributed by atoms with Crippen molar-refractivity contribution in [2.75, 3.05) is 4.90 Å². The number of anilines is 3. The number of hydrogen-bond acceptors (Lipinski definition) is 1. The van der Waals surface area contributed by atoms with Gasteiger partial charge in [0.05, 0.1) is 5.41 Å². The molecule has 9 aromatic carbocycles. The molecule has 4 aliphatic rings. The Kier molecular flexibility index (Phi) is 6.57. The lowest BCUT2D eigenvalue weighted by molar-refractivity contribution is 0.660. The van der Waals surface area contributed by atoms with Gasteiger partial charge < -0.3 is 4.90 Å². The van der Waals surface area contributed by atoms with Gasteiger partial charge in [-0.05, 0) is 148 Å². The molecule has 0 heterocycles. The van der Waals surface area contributed by atoms with Gasteiger partial charge >= 0.3 is 0 Å². The molecule has 0 radical (unpaired) electrons. The maximum Gasteiger partial charge on any atom is 0.0726 e. The van der Waals surface area contributed by atoms with E-state index in [2.05, 4.69) is 221 Å². The predicted octanol–water partition coefficient (Wildman–Crippen LogP) is 15.3. The SMILES string of the molecule is CC1(C)c2ccccc2-c2cc(N(c3ccc4c(c3)C(C)(C)c3cc5ccccc5cc3-4)c3ccc4c(c3)C3(c5ccccc5-c5ccccc53)c3ccccc3-4)ccc21. The maximum atomic E-state index is 2.54. The standard InChI is InChI=1S/C59H43N/c1-57(2)49-21-11-7-20-44(49)48-33-38(27-30-50(48)57)60(39-26-29-46-47-31-36-15-5-6-16-37(36)32-54(47)58(3,4)55(46)34-39)40-25-28-45-43-19-10-14-24-53(43)59(56(45)35-40)51-22-12-8-17-41(51)42-18-9-13-23-52(42)59/h5-35H,1-4H3. The van der Waals surface area contributed by atoms with Crippen LogP contribution in [0.4, 0.5) is 17.1 Å². The fraction of sp³-hybridized carbons (Fsp3) is 0.119. The van der Waals surface area contributed by atoms with Gasteiger partial charge in [0.25, 0.3) is 0 Å². The molecular weight excluding hydrogens is 723 g/mol. The Morgan fingerprint density at radius 1 is 0.267 bits per heavy atom. The summed E-state index contributed by atoms with van der Waals surface area (Å²) in [5.41, 5.74) is 24.4. The molecule has 13 rings (SSSR count). The van der Waals surface area contributed by atoms with Crippen LogP contribution in [0.15, 0.2) is 188 Å². The van der Waals surface area contributed by atoms with Crippen molar-refractivity contribution in [3.05, 3.63) is 233 Å². The smallest absolute Gasteiger partial charge is 0.0726 e. The second kappa shape index (κ2) is 11.6. The van der Waals surface area contributed by atoms with Gasteiger partial charge in [-0.1, -0.05) is 167 Å². The lowest BCUT2D eigenvalue weighted by Gasteiger charge is -2.33. The summed E-state index contributed by atoms with van der Waals surface area (Å²) < 4.78 is 0. The highest BCUT2D eigenvalue weighted by atomic mass is 15.1. The third-order valence-corrected chi connectivity index (χ3v) is 14.8. The van der Waals surface area contributed by atoms with E-state index in [0.717, 1.165) is 11.4 Å². The van der Waals surface area contributed by atoms with Crippen molar-refractivity contribution < 1.29 is 0 Å². The monoisotopic (exact) mass is 765 g/mol. The molecule has 0 aromatic heterocycles. The number of hydrogen-bond donors (Lipinski definition) is 0. The van der Waals surface area contributed by atoms with E-state index in [1.165, 1.54) is 105 Å². The van der Waals surface area contributed by atoms with Crippen LogP contribution < -0.4 is 4.90 Å². The summed E-state index contributed by atoms with van der Waals surface area (Å²) in [7, 11) is 0. The molecule has 1 spiro atoms. The van der Waals surface area contributed by atoms with E-state index < -0.39 is 5.41 Å². The van der Waals surface area contributed by atoms with Gasteiger partial charge in [-0.3, -0.25) is 0 Å². The molecule has 1 heteroatoms. The van der Waals surface area contributed by atoms with Crippen LogP contribution in [0.25, 0.3) is 55.3 Å². The van der Waals surface area contributed by atoms with E-state index in [1.807, 2.05) is 0 Å². The Labute approximate surface area is 352 Å². The van der Waals surface area contributed by atoms with E-state index in [4.69, 9.17) is 0 Å². The third-order valence-electron chi connectivity index (χ3n) is 14.8. The Morgan fingerprint density at radius 2 is 0.633 bits per heavy atom. The third kappa shape index (κ3) is 4.17. The molecule has 0 N–H and O–H groups in total. The van der Waals surface area contributed by atoms with Crippen LogP contribution in [0.3, 0.4) is 0 Å². The van der Waals surface area contributed by atoms with Gasteiger partial charge in [0.15, 0.2) is 0 Å². The number of nitrogens with zero attached hydrogens (tertiary/aromatic N) is 1. The second-order valence-corrected chi connectivity index (χ2v) is 18.5. The van der Waals surface area contributed by atoms with Crippen molar-refractivity contribution in [1.82, 2.24) is 0 Å². The van der Waals surface area contributed by atoms with Gasteiger partial charge in [0.1, 0.15) is 0 Å². The van der Waals surface area contributed by atoms with E-state index in [0.29, 0.717) is 0 Å². The Bertz CT molecular complexity index is 3280. The van der Waals surface area contributed by atoms with Crippen LogP contribution in [0.1, 0.15) is 72.2 Å². The van der Waals surface area contributed by atoms with Crippen molar-refractivity contribution in [2.24, 2.45) is 0 Å². The van der Waals surface area contributed by atoms with Gasteiger partial charge in [0, 0.05) is 27.9 Å². The second-order valence-electron chi connectivity index (χ2n) is 18.5. The number of rotatable bonds is 3. The molecule has 9 aromatic rings. The minimum absolute atomic E-state index is 0.0722. The first-order valence-corrected chi connectivity index (χ1v) is 21.4. The van der Waals surface area contributed by atoms with Crippen molar-refractivity contribution in [1.29, 1.82) is 0 Å². The van der Waals surface area contributed by atoms with Gasteiger partial charge in [-0.2, -0.15) is 0 Å². The summed E-state index contributed by atoms with van der Waals surface area (Å²) in [4.78, 5) is 2.54. The summed E-state index contributed by atoms with van der Waals surface area (Å²) in [6.07, 6.45) is 0. The predicted molar refractivity (Wildman–Crippen MR) is 250 cm³/mol. The van der Waals surface area contributed by atoms with Crippen LogP contribution in [0, 0.1) is 0 Å². The molecule has 0 saturated heterocycles. The fourth-order valence-electron chi connectivity index (χ4n) is 12.1. The molecule has 0 atom stereocenters. The van der Waals surface area contributed by atoms with Gasteiger partial charge in [-0.15, -0.1) is 0 Å². The Morgan fingerprint density at radius 3 is 1.23 bits per heavy atom. The average Bonchev–Trinajstić information content (AvgIpc) is 3.91. The number of fused-ring (bicyclic) bond motifs is 17. The highest BCUT2D eigenvalue weighted by Gasteiger charge is 2.51. The van der Waals surface area contributed by atoms with Gasteiger partial charge in [0.2, 0.25) is 0 Å². The highest BCUT2D eigenvalue weighted by molar-refractivity contribution is 5.98. The zero-order valence-electron chi connectivity index (χ0n) is 34.3. The molecule has 0 aliphatic heterocycles. The first kappa shape index (κ1) is 34.0. The zero-order valence-corrected chi connectivity index (χ0v) is 34.3. The van der Waals surface area contributed by atoms with Crippen molar-refractivity contribution in [3.8, 4) is 44.5 Å². The first-order valence-electron chi connectivity index (χ1n) is 21.4. The zero-order chi connectivity index (χ0) is 40.1. The van der Waals surface area contributed by atoms with Crippen LogP contribution >= 0.6 is 0 Å². The van der Waals surface area contributed by atoms with E-state index >= 15 is 0 Å². The average molecular weight is 766 g/mol. The minimum atomic E-state index is -0.425. The molecule has 284 valence electrons. The molecular formula is C59H43N. The van der Waals surface area contributed by atoms with Crippen molar-refractivity contribution >= 4 is 27.8 Å². The molecule has 0 saturated carbocycles. The first-order chi connectivity index (χ1) is 29.3.